The number of rotatable bonds is 3. The smallest absolute Gasteiger partial charge is 0.203 e. The molecule has 0 spiro atoms. The number of hydrogen-bond donors (Lipinski definition) is 1. The molecule has 1 aliphatic rings. The molecule has 19 heavy (non-hydrogen) atoms. The van der Waals surface area contributed by atoms with Crippen molar-refractivity contribution in [1.82, 2.24) is 5.32 Å². The van der Waals surface area contributed by atoms with Crippen LogP contribution in [0.5, 0.6) is 5.75 Å². The van der Waals surface area contributed by atoms with Crippen LogP contribution in [0.4, 0.5) is 17.6 Å². The Labute approximate surface area is 108 Å². The molecule has 1 aromatic rings. The highest BCUT2D eigenvalue weighted by molar-refractivity contribution is 5.29. The van der Waals surface area contributed by atoms with Crippen molar-refractivity contribution in [3.05, 3.63) is 29.3 Å². The second-order valence-corrected chi connectivity index (χ2v) is 5.30. The van der Waals surface area contributed by atoms with Gasteiger partial charge >= 0.3 is 0 Å². The molecule has 2 nitrogen and oxygen atoms in total. The van der Waals surface area contributed by atoms with E-state index in [0.29, 0.717) is 6.42 Å². The zero-order chi connectivity index (χ0) is 14.4. The Morgan fingerprint density at radius 2 is 1.68 bits per heavy atom. The number of halogens is 4. The lowest BCUT2D eigenvalue weighted by atomic mass is 9.64. The van der Waals surface area contributed by atoms with E-state index >= 15 is 0 Å². The van der Waals surface area contributed by atoms with Gasteiger partial charge in [-0.2, -0.15) is 8.78 Å². The van der Waals surface area contributed by atoms with Gasteiger partial charge in [0.1, 0.15) is 6.10 Å². The zero-order valence-corrected chi connectivity index (χ0v) is 10.9. The van der Waals surface area contributed by atoms with E-state index in [-0.39, 0.29) is 17.5 Å². The fraction of sp³-hybridized carbons (Fsp3) is 0.538. The molecule has 2 atom stereocenters. The summed E-state index contributed by atoms with van der Waals surface area (Å²) in [6.45, 7) is 3.71. The molecule has 0 amide bonds. The lowest BCUT2D eigenvalue weighted by Gasteiger charge is -2.51. The van der Waals surface area contributed by atoms with E-state index in [1.165, 1.54) is 0 Å². The van der Waals surface area contributed by atoms with E-state index in [9.17, 15) is 17.6 Å². The van der Waals surface area contributed by atoms with Crippen molar-refractivity contribution in [2.75, 3.05) is 7.05 Å². The van der Waals surface area contributed by atoms with Gasteiger partial charge in [-0.15, -0.1) is 0 Å². The number of benzene rings is 1. The Morgan fingerprint density at radius 3 is 2.11 bits per heavy atom. The first-order valence-corrected chi connectivity index (χ1v) is 5.96. The molecular formula is C13H15F4NO. The number of hydrogen-bond acceptors (Lipinski definition) is 2. The van der Waals surface area contributed by atoms with Gasteiger partial charge in [-0.25, -0.2) is 8.78 Å². The normalized spacial score (nSPS) is 25.0. The molecule has 2 rings (SSSR count). The predicted octanol–water partition coefficient (Wildman–Crippen LogP) is 3.01. The van der Waals surface area contributed by atoms with E-state index in [0.717, 1.165) is 0 Å². The maximum absolute atomic E-state index is 13.5. The van der Waals surface area contributed by atoms with Crippen LogP contribution in [0.3, 0.4) is 0 Å². The molecule has 0 saturated heterocycles. The van der Waals surface area contributed by atoms with Crippen LogP contribution >= 0.6 is 0 Å². The predicted molar refractivity (Wildman–Crippen MR) is 61.9 cm³/mol. The summed E-state index contributed by atoms with van der Waals surface area (Å²) < 4.78 is 58.2. The van der Waals surface area contributed by atoms with Gasteiger partial charge in [0.25, 0.3) is 0 Å². The minimum atomic E-state index is -1.50. The zero-order valence-electron chi connectivity index (χ0n) is 10.9. The third-order valence-electron chi connectivity index (χ3n) is 3.86. The molecule has 1 aromatic carbocycles. The van der Waals surface area contributed by atoms with Crippen LogP contribution in [0.15, 0.2) is 6.07 Å². The highest BCUT2D eigenvalue weighted by Gasteiger charge is 2.49. The van der Waals surface area contributed by atoms with Crippen molar-refractivity contribution < 1.29 is 22.3 Å². The Morgan fingerprint density at radius 1 is 1.16 bits per heavy atom. The number of nitrogens with one attached hydrogen (secondary N) is 1. The van der Waals surface area contributed by atoms with Crippen LogP contribution in [0.25, 0.3) is 0 Å². The molecular weight excluding hydrogens is 262 g/mol. The van der Waals surface area contributed by atoms with Crippen molar-refractivity contribution in [2.24, 2.45) is 5.41 Å². The second-order valence-electron chi connectivity index (χ2n) is 5.30. The molecule has 1 aliphatic carbocycles. The van der Waals surface area contributed by atoms with Crippen molar-refractivity contribution in [3.63, 3.8) is 0 Å². The summed E-state index contributed by atoms with van der Waals surface area (Å²) >= 11 is 0. The molecule has 1 N–H and O–H groups in total. The van der Waals surface area contributed by atoms with Crippen molar-refractivity contribution in [3.8, 4) is 5.75 Å². The molecule has 0 aliphatic heterocycles. The fourth-order valence-electron chi connectivity index (χ4n) is 2.37. The Kier molecular flexibility index (Phi) is 3.47. The summed E-state index contributed by atoms with van der Waals surface area (Å²) in [6, 6.07) is 0.293. The monoisotopic (exact) mass is 277 g/mol. The molecule has 1 fully saturated rings. The molecule has 6 heteroatoms. The molecule has 0 bridgehead atoms. The Hall–Kier alpha value is -1.30. The molecule has 0 heterocycles. The van der Waals surface area contributed by atoms with E-state index in [1.54, 1.807) is 7.05 Å². The van der Waals surface area contributed by atoms with Crippen LogP contribution in [-0.4, -0.2) is 19.2 Å². The summed E-state index contributed by atoms with van der Waals surface area (Å²) in [5, 5.41) is 3.04. The minimum Gasteiger partial charge on any atom is -0.484 e. The van der Waals surface area contributed by atoms with Gasteiger partial charge < -0.3 is 10.1 Å². The maximum Gasteiger partial charge on any atom is 0.203 e. The van der Waals surface area contributed by atoms with Gasteiger partial charge in [0.05, 0.1) is 0 Å². The SMILES string of the molecule is CNC1CC(Oc2c(F)c(F)cc(F)c2F)C1(C)C. The van der Waals surface area contributed by atoms with Crippen LogP contribution in [-0.2, 0) is 0 Å². The highest BCUT2D eigenvalue weighted by Crippen LogP contribution is 2.44. The van der Waals surface area contributed by atoms with Crippen molar-refractivity contribution >= 4 is 0 Å². The van der Waals surface area contributed by atoms with Crippen molar-refractivity contribution in [1.29, 1.82) is 0 Å². The van der Waals surface area contributed by atoms with E-state index < -0.39 is 35.1 Å². The molecule has 1 saturated carbocycles. The van der Waals surface area contributed by atoms with E-state index in [1.807, 2.05) is 13.8 Å². The molecule has 106 valence electrons. The van der Waals surface area contributed by atoms with Gasteiger partial charge in [0.2, 0.25) is 11.6 Å². The summed E-state index contributed by atoms with van der Waals surface area (Å²) in [4.78, 5) is 0. The van der Waals surface area contributed by atoms with Gasteiger partial charge in [-0.05, 0) is 7.05 Å². The van der Waals surface area contributed by atoms with Gasteiger partial charge in [0.15, 0.2) is 17.4 Å². The van der Waals surface area contributed by atoms with Crippen LogP contribution in [0, 0.1) is 28.7 Å². The summed E-state index contributed by atoms with van der Waals surface area (Å²) in [7, 11) is 1.77. The lowest BCUT2D eigenvalue weighted by molar-refractivity contribution is -0.0562. The lowest BCUT2D eigenvalue weighted by Crippen LogP contribution is -2.61. The highest BCUT2D eigenvalue weighted by atomic mass is 19.2. The average molecular weight is 277 g/mol. The topological polar surface area (TPSA) is 21.3 Å². The summed E-state index contributed by atoms with van der Waals surface area (Å²) in [5.74, 6) is -6.90. The Bertz CT molecular complexity index is 478. The molecule has 0 aromatic heterocycles. The van der Waals surface area contributed by atoms with Crippen LogP contribution in [0.1, 0.15) is 20.3 Å². The molecule has 0 radical (unpaired) electrons. The van der Waals surface area contributed by atoms with Gasteiger partial charge in [-0.3, -0.25) is 0 Å². The fourth-order valence-corrected chi connectivity index (χ4v) is 2.37. The minimum absolute atomic E-state index is 0.127. The largest absolute Gasteiger partial charge is 0.484 e. The van der Waals surface area contributed by atoms with E-state index in [4.69, 9.17) is 4.74 Å². The summed E-state index contributed by atoms with van der Waals surface area (Å²) in [5.41, 5.74) is -0.379. The van der Waals surface area contributed by atoms with Gasteiger partial charge in [-0.1, -0.05) is 13.8 Å². The molecule has 2 unspecified atom stereocenters. The third kappa shape index (κ3) is 2.18. The maximum atomic E-state index is 13.5. The Balaban J connectivity index is 2.26. The summed E-state index contributed by atoms with van der Waals surface area (Å²) in [6.07, 6.45) is 0.00991. The first-order chi connectivity index (χ1) is 8.78. The standard InChI is InChI=1S/C13H15F4NO/c1-13(2)8(18-3)5-9(13)19-12-10(16)6(14)4-7(15)11(12)17/h4,8-9,18H,5H2,1-3H3. The average Bonchev–Trinajstić information content (AvgIpc) is 2.35. The van der Waals surface area contributed by atoms with Gasteiger partial charge in [0, 0.05) is 23.9 Å². The van der Waals surface area contributed by atoms with Crippen LogP contribution in [0.2, 0.25) is 0 Å². The number of ether oxygens (including phenoxy) is 1. The van der Waals surface area contributed by atoms with Crippen molar-refractivity contribution in [2.45, 2.75) is 32.4 Å². The van der Waals surface area contributed by atoms with Crippen LogP contribution < -0.4 is 10.1 Å². The second kappa shape index (κ2) is 4.67. The quantitative estimate of drug-likeness (QED) is 0.677. The van der Waals surface area contributed by atoms with E-state index in [2.05, 4.69) is 5.32 Å². The first-order valence-electron chi connectivity index (χ1n) is 5.96. The first kappa shape index (κ1) is 14.1. The third-order valence-corrected chi connectivity index (χ3v) is 3.86.